The van der Waals surface area contributed by atoms with Crippen molar-refractivity contribution < 1.29 is 0 Å². The maximum atomic E-state index is 12.5. The van der Waals surface area contributed by atoms with Crippen molar-refractivity contribution in [2.24, 2.45) is 0 Å². The van der Waals surface area contributed by atoms with Crippen molar-refractivity contribution in [2.75, 3.05) is 0 Å². The first-order valence-electron chi connectivity index (χ1n) is 7.39. The number of fused-ring (bicyclic) bond motifs is 1. The molecule has 24 heavy (non-hydrogen) atoms. The summed E-state index contributed by atoms with van der Waals surface area (Å²) in [6.45, 7) is 0. The predicted octanol–water partition coefficient (Wildman–Crippen LogP) is 2.94. The topological polar surface area (TPSA) is 47.3 Å². The maximum Gasteiger partial charge on any atom is 0.291 e. The van der Waals surface area contributed by atoms with Crippen LogP contribution in [-0.4, -0.2) is 14.6 Å². The highest BCUT2D eigenvalue weighted by Gasteiger charge is 2.10. The van der Waals surface area contributed by atoms with Crippen LogP contribution in [0.3, 0.4) is 0 Å². The number of halogens is 1. The van der Waals surface area contributed by atoms with Crippen LogP contribution in [0.5, 0.6) is 0 Å². The molecule has 0 spiro atoms. The Morgan fingerprint density at radius 3 is 2.54 bits per heavy atom. The van der Waals surface area contributed by atoms with Gasteiger partial charge in [-0.15, -0.1) is 5.10 Å². The van der Waals surface area contributed by atoms with Gasteiger partial charge in [-0.25, -0.2) is 4.98 Å². The van der Waals surface area contributed by atoms with E-state index in [1.165, 1.54) is 15.9 Å². The van der Waals surface area contributed by atoms with E-state index >= 15 is 0 Å². The lowest BCUT2D eigenvalue weighted by molar-refractivity contribution is 0.879. The van der Waals surface area contributed by atoms with Crippen LogP contribution >= 0.6 is 22.9 Å². The summed E-state index contributed by atoms with van der Waals surface area (Å²) in [4.78, 5) is 17.6. The third-order valence-corrected chi connectivity index (χ3v) is 4.81. The Labute approximate surface area is 146 Å². The molecule has 4 aromatic rings. The van der Waals surface area contributed by atoms with Gasteiger partial charge >= 0.3 is 0 Å². The first-order chi connectivity index (χ1) is 11.7. The molecule has 2 heterocycles. The minimum absolute atomic E-state index is 0.142. The zero-order valence-electron chi connectivity index (χ0n) is 12.5. The molecule has 0 saturated carbocycles. The fourth-order valence-electron chi connectivity index (χ4n) is 2.44. The van der Waals surface area contributed by atoms with Crippen molar-refractivity contribution in [3.8, 4) is 0 Å². The van der Waals surface area contributed by atoms with Crippen molar-refractivity contribution >= 4 is 34.0 Å². The highest BCUT2D eigenvalue weighted by Crippen LogP contribution is 2.11. The summed E-state index contributed by atoms with van der Waals surface area (Å²) in [7, 11) is 0. The molecule has 2 aromatic heterocycles. The molecular weight excluding hydrogens is 342 g/mol. The molecule has 118 valence electrons. The largest absolute Gasteiger partial charge is 0.291 e. The molecule has 0 aliphatic heterocycles. The predicted molar refractivity (Wildman–Crippen MR) is 96.6 cm³/mol. The van der Waals surface area contributed by atoms with E-state index in [2.05, 4.69) is 10.1 Å². The van der Waals surface area contributed by atoms with Crippen molar-refractivity contribution in [2.45, 2.75) is 6.42 Å². The fourth-order valence-corrected chi connectivity index (χ4v) is 3.49. The van der Waals surface area contributed by atoms with Crippen LogP contribution in [0.4, 0.5) is 0 Å². The van der Waals surface area contributed by atoms with Gasteiger partial charge < -0.3 is 0 Å². The number of rotatable bonds is 3. The quantitative estimate of drug-likeness (QED) is 0.569. The van der Waals surface area contributed by atoms with Gasteiger partial charge in [-0.1, -0.05) is 65.4 Å². The third kappa shape index (κ3) is 2.96. The molecule has 0 N–H and O–H groups in total. The van der Waals surface area contributed by atoms with Crippen molar-refractivity contribution in [3.63, 3.8) is 0 Å². The summed E-state index contributed by atoms with van der Waals surface area (Å²) in [6.07, 6.45) is 2.45. The monoisotopic (exact) mass is 353 g/mol. The summed E-state index contributed by atoms with van der Waals surface area (Å²) in [5, 5.41) is 5.02. The fraction of sp³-hybridized carbons (Fsp3) is 0.0556. The molecule has 0 aliphatic carbocycles. The van der Waals surface area contributed by atoms with Crippen molar-refractivity contribution in [3.05, 3.63) is 91.5 Å². The smallest absolute Gasteiger partial charge is 0.266 e. The lowest BCUT2D eigenvalue weighted by Crippen LogP contribution is -2.23. The zero-order valence-corrected chi connectivity index (χ0v) is 14.1. The Kier molecular flexibility index (Phi) is 3.88. The van der Waals surface area contributed by atoms with E-state index in [1.54, 1.807) is 12.1 Å². The Morgan fingerprint density at radius 2 is 1.83 bits per heavy atom. The highest BCUT2D eigenvalue weighted by atomic mass is 35.5. The van der Waals surface area contributed by atoms with Gasteiger partial charge in [0.05, 0.1) is 4.53 Å². The Morgan fingerprint density at radius 1 is 1.08 bits per heavy atom. The lowest BCUT2D eigenvalue weighted by Gasteiger charge is -1.94. The normalized spacial score (nSPS) is 12.1. The van der Waals surface area contributed by atoms with Gasteiger partial charge in [0.25, 0.3) is 5.56 Å². The van der Waals surface area contributed by atoms with E-state index in [0.29, 0.717) is 26.8 Å². The molecule has 0 aliphatic rings. The van der Waals surface area contributed by atoms with Gasteiger partial charge in [0.2, 0.25) is 4.96 Å². The number of hydrogen-bond donors (Lipinski definition) is 0. The second-order valence-corrected chi connectivity index (χ2v) is 6.80. The zero-order chi connectivity index (χ0) is 16.5. The van der Waals surface area contributed by atoms with Crippen LogP contribution in [0, 0.1) is 0 Å². The number of thiazole rings is 1. The highest BCUT2D eigenvalue weighted by molar-refractivity contribution is 7.15. The number of hydrogen-bond acceptors (Lipinski definition) is 4. The van der Waals surface area contributed by atoms with Crippen molar-refractivity contribution in [1.82, 2.24) is 14.6 Å². The number of nitrogens with zero attached hydrogens (tertiary/aromatic N) is 3. The molecule has 0 bridgehead atoms. The first-order valence-corrected chi connectivity index (χ1v) is 8.58. The average molecular weight is 354 g/mol. The maximum absolute atomic E-state index is 12.5. The standard InChI is InChI=1S/C18H12ClN3OS/c19-14-8-6-13(7-9-14)10-15-17(23)22-18(24-15)20-16(21-22)11-12-4-2-1-3-5-12/h1-10H,11H2/b15-10-. The summed E-state index contributed by atoms with van der Waals surface area (Å²) in [5.41, 5.74) is 1.90. The van der Waals surface area contributed by atoms with E-state index in [1.807, 2.05) is 48.5 Å². The first kappa shape index (κ1) is 15.1. The van der Waals surface area contributed by atoms with Crippen LogP contribution in [-0.2, 0) is 6.42 Å². The minimum Gasteiger partial charge on any atom is -0.266 e. The molecular formula is C18H12ClN3OS. The minimum atomic E-state index is -0.142. The number of benzene rings is 2. The molecule has 0 atom stereocenters. The molecule has 0 unspecified atom stereocenters. The van der Waals surface area contributed by atoms with E-state index < -0.39 is 0 Å². The molecule has 0 amide bonds. The Balaban J connectivity index is 1.71. The lowest BCUT2D eigenvalue weighted by atomic mass is 10.1. The van der Waals surface area contributed by atoms with Gasteiger partial charge in [0.15, 0.2) is 5.82 Å². The summed E-state index contributed by atoms with van der Waals surface area (Å²) in [5.74, 6) is 0.655. The SMILES string of the molecule is O=c1/c(=C/c2ccc(Cl)cc2)sc2nc(Cc3ccccc3)nn12. The van der Waals surface area contributed by atoms with Crippen LogP contribution in [0.1, 0.15) is 17.0 Å². The Bertz CT molecular complexity index is 1100. The van der Waals surface area contributed by atoms with Gasteiger partial charge in [0, 0.05) is 11.4 Å². The van der Waals surface area contributed by atoms with E-state index in [9.17, 15) is 4.79 Å². The average Bonchev–Trinajstić information content (AvgIpc) is 3.10. The van der Waals surface area contributed by atoms with Gasteiger partial charge in [-0.3, -0.25) is 4.79 Å². The van der Waals surface area contributed by atoms with Crippen LogP contribution in [0.25, 0.3) is 11.0 Å². The van der Waals surface area contributed by atoms with Gasteiger partial charge in [-0.05, 0) is 29.3 Å². The van der Waals surface area contributed by atoms with Crippen LogP contribution in [0.15, 0.2) is 59.4 Å². The van der Waals surface area contributed by atoms with Crippen LogP contribution < -0.4 is 10.1 Å². The Hall–Kier alpha value is -2.50. The molecule has 6 heteroatoms. The molecule has 0 fully saturated rings. The molecule has 4 rings (SSSR count). The van der Waals surface area contributed by atoms with Crippen molar-refractivity contribution in [1.29, 1.82) is 0 Å². The number of aromatic nitrogens is 3. The summed E-state index contributed by atoms with van der Waals surface area (Å²) < 4.78 is 1.99. The second-order valence-electron chi connectivity index (χ2n) is 5.35. The molecule has 2 aromatic carbocycles. The van der Waals surface area contributed by atoms with E-state index in [-0.39, 0.29) is 5.56 Å². The van der Waals surface area contributed by atoms with Crippen LogP contribution in [0.2, 0.25) is 5.02 Å². The second kappa shape index (κ2) is 6.19. The summed E-state index contributed by atoms with van der Waals surface area (Å²) >= 11 is 7.22. The van der Waals surface area contributed by atoms with Gasteiger partial charge in [-0.2, -0.15) is 4.52 Å². The molecule has 0 saturated heterocycles. The van der Waals surface area contributed by atoms with Gasteiger partial charge in [0.1, 0.15) is 0 Å². The third-order valence-electron chi connectivity index (χ3n) is 3.60. The molecule has 4 nitrogen and oxygen atoms in total. The summed E-state index contributed by atoms with van der Waals surface area (Å²) in [6, 6.07) is 17.3. The van der Waals surface area contributed by atoms with E-state index in [0.717, 1.165) is 11.1 Å². The van der Waals surface area contributed by atoms with E-state index in [4.69, 9.17) is 11.6 Å². The molecule has 0 radical (unpaired) electrons.